The molecule has 0 aliphatic heterocycles. The van der Waals surface area contributed by atoms with Gasteiger partial charge in [-0.05, 0) is 13.8 Å². The third kappa shape index (κ3) is 4.00. The van der Waals surface area contributed by atoms with Crippen molar-refractivity contribution < 1.29 is 0 Å². The normalized spacial score (nSPS) is 11.7. The maximum absolute atomic E-state index is 4.69. The highest BCUT2D eigenvalue weighted by molar-refractivity contribution is 7.09. The van der Waals surface area contributed by atoms with E-state index >= 15 is 0 Å². The average molecular weight is 290 g/mol. The molecule has 0 saturated carbocycles. The molecule has 0 fully saturated rings. The summed E-state index contributed by atoms with van der Waals surface area (Å²) in [4.78, 5) is 13.3. The lowest BCUT2D eigenvalue weighted by Crippen LogP contribution is -2.11. The fourth-order valence-electron chi connectivity index (χ4n) is 1.89. The molecule has 2 rings (SSSR count). The first kappa shape index (κ1) is 14.9. The Bertz CT molecular complexity index is 564. The smallest absolute Gasteiger partial charge is 0.129 e. The van der Waals surface area contributed by atoms with Gasteiger partial charge >= 0.3 is 0 Å². The highest BCUT2D eigenvalue weighted by atomic mass is 32.1. The number of anilines is 1. The Morgan fingerprint density at radius 2 is 1.90 bits per heavy atom. The molecule has 0 radical (unpaired) electrons. The zero-order valence-corrected chi connectivity index (χ0v) is 13.6. The summed E-state index contributed by atoms with van der Waals surface area (Å²) in [5, 5.41) is 6.68. The van der Waals surface area contributed by atoms with Crippen LogP contribution in [-0.4, -0.2) is 21.5 Å². The van der Waals surface area contributed by atoms with Crippen LogP contribution in [0.3, 0.4) is 0 Å². The molecule has 2 aromatic heterocycles. The molecule has 5 heteroatoms. The molecule has 20 heavy (non-hydrogen) atoms. The molecule has 4 nitrogen and oxygen atoms in total. The third-order valence-electron chi connectivity index (χ3n) is 2.85. The summed E-state index contributed by atoms with van der Waals surface area (Å²) < 4.78 is 0. The Morgan fingerprint density at radius 1 is 1.15 bits per heavy atom. The molecule has 0 saturated heterocycles. The lowest BCUT2D eigenvalue weighted by Gasteiger charge is -2.13. The lowest BCUT2D eigenvalue weighted by atomic mass is 9.98. The van der Waals surface area contributed by atoms with Gasteiger partial charge < -0.3 is 5.32 Å². The topological polar surface area (TPSA) is 50.7 Å². The van der Waals surface area contributed by atoms with E-state index in [1.807, 2.05) is 19.9 Å². The first-order valence-electron chi connectivity index (χ1n) is 6.85. The summed E-state index contributed by atoms with van der Waals surface area (Å²) in [6.45, 7) is 11.3. The van der Waals surface area contributed by atoms with Crippen LogP contribution in [0.25, 0.3) is 0 Å². The zero-order valence-electron chi connectivity index (χ0n) is 12.8. The van der Waals surface area contributed by atoms with Crippen LogP contribution in [0.5, 0.6) is 0 Å². The molecule has 0 unspecified atom stereocenters. The van der Waals surface area contributed by atoms with Gasteiger partial charge in [-0.1, -0.05) is 20.8 Å². The molecule has 0 aliphatic rings. The van der Waals surface area contributed by atoms with Crippen LogP contribution in [0.2, 0.25) is 0 Å². The predicted octanol–water partition coefficient (Wildman–Crippen LogP) is 3.50. The van der Waals surface area contributed by atoms with Crippen molar-refractivity contribution >= 4 is 17.2 Å². The van der Waals surface area contributed by atoms with E-state index in [0.29, 0.717) is 0 Å². The Balaban J connectivity index is 1.91. The molecule has 0 bridgehead atoms. The molecule has 0 atom stereocenters. The Kier molecular flexibility index (Phi) is 4.38. The van der Waals surface area contributed by atoms with Crippen molar-refractivity contribution in [3.8, 4) is 0 Å². The first-order valence-corrected chi connectivity index (χ1v) is 7.73. The summed E-state index contributed by atoms with van der Waals surface area (Å²) in [6, 6.07) is 1.97. The third-order valence-corrected chi connectivity index (χ3v) is 4.16. The van der Waals surface area contributed by atoms with Crippen molar-refractivity contribution in [3.05, 3.63) is 33.7 Å². The van der Waals surface area contributed by atoms with Gasteiger partial charge in [0.15, 0.2) is 0 Å². The lowest BCUT2D eigenvalue weighted by molar-refractivity contribution is 0.583. The minimum Gasteiger partial charge on any atom is -0.370 e. The van der Waals surface area contributed by atoms with Crippen LogP contribution in [0, 0.1) is 13.8 Å². The first-order chi connectivity index (χ1) is 9.34. The number of nitrogens with one attached hydrogen (secondary N) is 1. The van der Waals surface area contributed by atoms with E-state index in [0.717, 1.165) is 36.0 Å². The van der Waals surface area contributed by atoms with E-state index < -0.39 is 0 Å². The van der Waals surface area contributed by atoms with Gasteiger partial charge in [0, 0.05) is 35.5 Å². The van der Waals surface area contributed by atoms with Crippen molar-refractivity contribution in [3.63, 3.8) is 0 Å². The Hall–Kier alpha value is -1.49. The second-order valence-corrected chi connectivity index (χ2v) is 6.87. The SMILES string of the molecule is Cc1cc(NCCc2csc(C(C)(C)C)n2)nc(C)n1. The maximum atomic E-state index is 4.69. The number of hydrogen-bond acceptors (Lipinski definition) is 5. The van der Waals surface area contributed by atoms with Gasteiger partial charge in [-0.2, -0.15) is 0 Å². The largest absolute Gasteiger partial charge is 0.370 e. The highest BCUT2D eigenvalue weighted by Gasteiger charge is 2.17. The van der Waals surface area contributed by atoms with Gasteiger partial charge in [-0.25, -0.2) is 15.0 Å². The number of thiazole rings is 1. The van der Waals surface area contributed by atoms with Crippen LogP contribution >= 0.6 is 11.3 Å². The van der Waals surface area contributed by atoms with Crippen LogP contribution < -0.4 is 5.32 Å². The average Bonchev–Trinajstić information content (AvgIpc) is 2.76. The van der Waals surface area contributed by atoms with E-state index in [1.54, 1.807) is 11.3 Å². The summed E-state index contributed by atoms with van der Waals surface area (Å²) in [5.74, 6) is 1.69. The fourth-order valence-corrected chi connectivity index (χ4v) is 2.83. The predicted molar refractivity (Wildman–Crippen MR) is 84.5 cm³/mol. The van der Waals surface area contributed by atoms with Gasteiger partial charge in [-0.3, -0.25) is 0 Å². The summed E-state index contributed by atoms with van der Waals surface area (Å²) in [7, 11) is 0. The molecule has 1 N–H and O–H groups in total. The Labute approximate surface area is 124 Å². The number of rotatable bonds is 4. The molecule has 2 heterocycles. The van der Waals surface area contributed by atoms with Crippen molar-refractivity contribution in [2.75, 3.05) is 11.9 Å². The molecular formula is C15H22N4S. The zero-order chi connectivity index (χ0) is 14.8. The fraction of sp³-hybridized carbons (Fsp3) is 0.533. The number of nitrogens with zero attached hydrogens (tertiary/aromatic N) is 3. The number of hydrogen-bond donors (Lipinski definition) is 1. The van der Waals surface area contributed by atoms with Gasteiger partial charge in [-0.15, -0.1) is 11.3 Å². The minimum atomic E-state index is 0.136. The molecule has 0 aliphatic carbocycles. The standard InChI is InChI=1S/C15H22N4S/c1-10-8-13(18-11(2)17-10)16-7-6-12-9-20-14(19-12)15(3,4)5/h8-9H,6-7H2,1-5H3,(H,16,17,18). The second-order valence-electron chi connectivity index (χ2n) is 6.01. The molecule has 108 valence electrons. The van der Waals surface area contributed by atoms with Gasteiger partial charge in [0.05, 0.1) is 10.7 Å². The van der Waals surface area contributed by atoms with E-state index in [-0.39, 0.29) is 5.41 Å². The van der Waals surface area contributed by atoms with Gasteiger partial charge in [0.25, 0.3) is 0 Å². The van der Waals surface area contributed by atoms with E-state index in [4.69, 9.17) is 4.98 Å². The molecule has 0 amide bonds. The number of aromatic nitrogens is 3. The summed E-state index contributed by atoms with van der Waals surface area (Å²) >= 11 is 1.74. The summed E-state index contributed by atoms with van der Waals surface area (Å²) in [5.41, 5.74) is 2.27. The van der Waals surface area contributed by atoms with Crippen LogP contribution in [0.1, 0.15) is 43.0 Å². The van der Waals surface area contributed by atoms with Crippen molar-refractivity contribution in [2.24, 2.45) is 0 Å². The molecule has 2 aromatic rings. The quantitative estimate of drug-likeness (QED) is 0.936. The number of aryl methyl sites for hydroxylation is 2. The van der Waals surface area contributed by atoms with Crippen LogP contribution in [0.15, 0.2) is 11.4 Å². The van der Waals surface area contributed by atoms with E-state index in [2.05, 4.69) is 41.4 Å². The minimum absolute atomic E-state index is 0.136. The molecular weight excluding hydrogens is 268 g/mol. The van der Waals surface area contributed by atoms with Gasteiger partial charge in [0.1, 0.15) is 11.6 Å². The Morgan fingerprint density at radius 3 is 2.50 bits per heavy atom. The molecule has 0 spiro atoms. The highest BCUT2D eigenvalue weighted by Crippen LogP contribution is 2.25. The second kappa shape index (κ2) is 5.87. The summed E-state index contributed by atoms with van der Waals surface area (Å²) in [6.07, 6.45) is 0.911. The van der Waals surface area contributed by atoms with Crippen molar-refractivity contribution in [1.29, 1.82) is 0 Å². The molecule has 0 aromatic carbocycles. The monoisotopic (exact) mass is 290 g/mol. The van der Waals surface area contributed by atoms with Crippen molar-refractivity contribution in [2.45, 2.75) is 46.5 Å². The van der Waals surface area contributed by atoms with Crippen LogP contribution in [0.4, 0.5) is 5.82 Å². The van der Waals surface area contributed by atoms with Crippen LogP contribution in [-0.2, 0) is 11.8 Å². The maximum Gasteiger partial charge on any atom is 0.129 e. The van der Waals surface area contributed by atoms with Gasteiger partial charge in [0.2, 0.25) is 0 Å². The van der Waals surface area contributed by atoms with E-state index in [9.17, 15) is 0 Å². The van der Waals surface area contributed by atoms with E-state index in [1.165, 1.54) is 5.01 Å². The van der Waals surface area contributed by atoms with Crippen molar-refractivity contribution in [1.82, 2.24) is 15.0 Å².